The van der Waals surface area contributed by atoms with E-state index >= 15 is 0 Å². The van der Waals surface area contributed by atoms with Crippen LogP contribution in [-0.4, -0.2) is 43.0 Å². The number of aromatic nitrogens is 2. The Morgan fingerprint density at radius 2 is 1.88 bits per heavy atom. The molecule has 2 unspecified atom stereocenters. The van der Waals surface area contributed by atoms with E-state index in [1.807, 2.05) is 6.92 Å². The van der Waals surface area contributed by atoms with Gasteiger partial charge in [0.15, 0.2) is 0 Å². The molecule has 33 heavy (non-hydrogen) atoms. The second kappa shape index (κ2) is 8.64. The summed E-state index contributed by atoms with van der Waals surface area (Å²) in [7, 11) is -2.44. The van der Waals surface area contributed by atoms with Crippen LogP contribution >= 0.6 is 0 Å². The Balaban J connectivity index is 1.41. The highest BCUT2D eigenvalue weighted by atomic mass is 32.2. The predicted octanol–water partition coefficient (Wildman–Crippen LogP) is 2.84. The minimum absolute atomic E-state index is 0.0681. The van der Waals surface area contributed by atoms with Crippen LogP contribution in [0.15, 0.2) is 18.5 Å². The molecule has 2 atom stereocenters. The van der Waals surface area contributed by atoms with Gasteiger partial charge in [0.2, 0.25) is 0 Å². The summed E-state index contributed by atoms with van der Waals surface area (Å²) in [5, 5.41) is 7.06. The van der Waals surface area contributed by atoms with E-state index in [2.05, 4.69) is 21.2 Å². The fourth-order valence-corrected chi connectivity index (χ4v) is 6.87. The molecule has 1 fully saturated rings. The summed E-state index contributed by atoms with van der Waals surface area (Å²) in [6.45, 7) is 2.39. The summed E-state index contributed by atoms with van der Waals surface area (Å²) in [5.41, 5.74) is 6.12. The van der Waals surface area contributed by atoms with E-state index in [9.17, 15) is 13.2 Å². The number of rotatable bonds is 5. The van der Waals surface area contributed by atoms with Gasteiger partial charge in [0.1, 0.15) is 0 Å². The van der Waals surface area contributed by atoms with Crippen LogP contribution in [0.5, 0.6) is 0 Å². The second-order valence-corrected chi connectivity index (χ2v) is 10.9. The van der Waals surface area contributed by atoms with Crippen LogP contribution in [0.2, 0.25) is 0 Å². The first kappa shape index (κ1) is 22.2. The van der Waals surface area contributed by atoms with Crippen LogP contribution < -0.4 is 14.3 Å². The Morgan fingerprint density at radius 3 is 2.48 bits per heavy atom. The molecule has 2 amide bonds. The van der Waals surface area contributed by atoms with Gasteiger partial charge in [-0.05, 0) is 80.5 Å². The van der Waals surface area contributed by atoms with E-state index in [0.29, 0.717) is 25.1 Å². The van der Waals surface area contributed by atoms with Crippen LogP contribution in [0.1, 0.15) is 54.9 Å². The molecule has 2 aromatic rings. The smallest absolute Gasteiger partial charge is 0.334 e. The first-order chi connectivity index (χ1) is 15.8. The van der Waals surface area contributed by atoms with Gasteiger partial charge in [0.25, 0.3) is 0 Å². The molecule has 10 heteroatoms. The van der Waals surface area contributed by atoms with Crippen molar-refractivity contribution in [1.29, 1.82) is 0 Å². The maximum Gasteiger partial charge on any atom is 0.334 e. The molecule has 0 radical (unpaired) electrons. The van der Waals surface area contributed by atoms with E-state index in [1.165, 1.54) is 21.6 Å². The molecule has 1 aliphatic heterocycles. The highest BCUT2D eigenvalue weighted by molar-refractivity contribution is 7.91. The van der Waals surface area contributed by atoms with Gasteiger partial charge < -0.3 is 10.1 Å². The largest absolute Gasteiger partial charge is 0.378 e. The minimum atomic E-state index is -4.17. The van der Waals surface area contributed by atoms with Crippen LogP contribution in [0.3, 0.4) is 0 Å². The molecule has 0 bridgehead atoms. The first-order valence-electron chi connectivity index (χ1n) is 11.7. The molecule has 9 nitrogen and oxygen atoms in total. The Hall–Kier alpha value is -2.59. The maximum absolute atomic E-state index is 13.5. The summed E-state index contributed by atoms with van der Waals surface area (Å²) >= 11 is 0. The predicted molar refractivity (Wildman–Crippen MR) is 126 cm³/mol. The Kier molecular flexibility index (Phi) is 5.82. The lowest BCUT2D eigenvalue weighted by Crippen LogP contribution is -2.52. The number of carbonyl (C=O) groups is 1. The van der Waals surface area contributed by atoms with Crippen molar-refractivity contribution in [1.82, 2.24) is 14.5 Å². The maximum atomic E-state index is 13.5. The third-order valence-electron chi connectivity index (χ3n) is 6.93. The normalized spacial score (nSPS) is 22.0. The summed E-state index contributed by atoms with van der Waals surface area (Å²) in [4.78, 5) is 13.0. The average molecular weight is 474 g/mol. The fraction of sp³-hybridized carbons (Fsp3) is 0.565. The third kappa shape index (κ3) is 4.33. The van der Waals surface area contributed by atoms with Crippen molar-refractivity contribution < 1.29 is 17.9 Å². The van der Waals surface area contributed by atoms with Crippen LogP contribution in [0.4, 0.5) is 16.2 Å². The average Bonchev–Trinajstić information content (AvgIpc) is 3.48. The molecule has 0 spiro atoms. The van der Waals surface area contributed by atoms with Crippen molar-refractivity contribution in [3.05, 3.63) is 40.7 Å². The van der Waals surface area contributed by atoms with Gasteiger partial charge in [-0.15, -0.1) is 0 Å². The zero-order valence-electron chi connectivity index (χ0n) is 19.1. The Labute approximate surface area is 194 Å². The second-order valence-electron chi connectivity index (χ2n) is 9.32. The standard InChI is InChI=1S/C23H31N5O4S/c1-15-11-18(9-10-32-15)28(19-13-24-27(2)14-19)33(30,31)26-23(29)25-22-20-7-3-5-16(20)12-17-6-4-8-21(17)22/h12-15,18H,3-11H2,1-2H3,(H2,25,26,29). The lowest BCUT2D eigenvalue weighted by molar-refractivity contribution is 0.0208. The van der Waals surface area contributed by atoms with Crippen LogP contribution in [0.25, 0.3) is 0 Å². The Morgan fingerprint density at radius 1 is 1.18 bits per heavy atom. The van der Waals surface area contributed by atoms with Gasteiger partial charge >= 0.3 is 16.2 Å². The minimum Gasteiger partial charge on any atom is -0.378 e. The van der Waals surface area contributed by atoms with Crippen molar-refractivity contribution in [2.45, 2.75) is 70.4 Å². The molecule has 1 aromatic carbocycles. The van der Waals surface area contributed by atoms with Crippen LogP contribution in [-0.2, 0) is 47.7 Å². The molecule has 2 N–H and O–H groups in total. The SMILES string of the molecule is CC1CC(N(c2cnn(C)c2)S(=O)(=O)NC(=O)Nc2c3c(cc4c2CCC4)CCC3)CCO1. The topological polar surface area (TPSA) is 106 Å². The molecule has 2 heterocycles. The molecule has 5 rings (SSSR count). The number of anilines is 2. The van der Waals surface area contributed by atoms with Crippen LogP contribution in [0, 0.1) is 0 Å². The lowest BCUT2D eigenvalue weighted by Gasteiger charge is -2.36. The molecule has 3 aliphatic rings. The zero-order chi connectivity index (χ0) is 23.2. The van der Waals surface area contributed by atoms with E-state index in [1.54, 1.807) is 17.9 Å². The number of carbonyl (C=O) groups excluding carboxylic acids is 1. The van der Waals surface area contributed by atoms with Crippen molar-refractivity contribution in [2.75, 3.05) is 16.2 Å². The Bertz CT molecular complexity index is 1140. The summed E-state index contributed by atoms with van der Waals surface area (Å²) in [6, 6.07) is 1.23. The number of ether oxygens (including phenoxy) is 1. The van der Waals surface area contributed by atoms with Crippen molar-refractivity contribution in [3.63, 3.8) is 0 Å². The molecular weight excluding hydrogens is 442 g/mol. The highest BCUT2D eigenvalue weighted by Gasteiger charge is 2.36. The number of hydrogen-bond acceptors (Lipinski definition) is 5. The first-order valence-corrected chi connectivity index (χ1v) is 13.2. The summed E-state index contributed by atoms with van der Waals surface area (Å²) in [6.07, 6.45) is 10.1. The van der Waals surface area contributed by atoms with Gasteiger partial charge in [0, 0.05) is 25.5 Å². The van der Waals surface area contributed by atoms with Gasteiger partial charge in [-0.1, -0.05) is 6.07 Å². The quantitative estimate of drug-likeness (QED) is 0.695. The highest BCUT2D eigenvalue weighted by Crippen LogP contribution is 2.38. The number of nitrogens with one attached hydrogen (secondary N) is 2. The van der Waals surface area contributed by atoms with E-state index < -0.39 is 16.2 Å². The van der Waals surface area contributed by atoms with Gasteiger partial charge in [0.05, 0.1) is 24.0 Å². The van der Waals surface area contributed by atoms with Crippen molar-refractivity contribution in [2.24, 2.45) is 7.05 Å². The molecule has 1 aromatic heterocycles. The van der Waals surface area contributed by atoms with Gasteiger partial charge in [-0.25, -0.2) is 13.8 Å². The molecule has 0 saturated carbocycles. The monoisotopic (exact) mass is 473 g/mol. The van der Waals surface area contributed by atoms with E-state index in [-0.39, 0.29) is 12.1 Å². The third-order valence-corrected chi connectivity index (χ3v) is 8.40. The number of amides is 2. The summed E-state index contributed by atoms with van der Waals surface area (Å²) in [5.74, 6) is 0. The lowest BCUT2D eigenvalue weighted by atomic mass is 9.99. The molecule has 178 valence electrons. The molecule has 1 saturated heterocycles. The van der Waals surface area contributed by atoms with Crippen molar-refractivity contribution >= 4 is 27.6 Å². The number of urea groups is 1. The number of hydrogen-bond donors (Lipinski definition) is 2. The number of nitrogens with zero attached hydrogens (tertiary/aromatic N) is 3. The van der Waals surface area contributed by atoms with Crippen molar-refractivity contribution in [3.8, 4) is 0 Å². The molecule has 2 aliphatic carbocycles. The van der Waals surface area contributed by atoms with Gasteiger partial charge in [-0.3, -0.25) is 4.68 Å². The number of aryl methyl sites for hydroxylation is 3. The molecular formula is C23H31N5O4S. The number of fused-ring (bicyclic) bond motifs is 2. The zero-order valence-corrected chi connectivity index (χ0v) is 20.0. The fourth-order valence-electron chi connectivity index (χ4n) is 5.53. The number of benzene rings is 1. The summed E-state index contributed by atoms with van der Waals surface area (Å²) < 4.78 is 37.7. The van der Waals surface area contributed by atoms with E-state index in [4.69, 9.17) is 4.74 Å². The van der Waals surface area contributed by atoms with E-state index in [0.717, 1.165) is 55.3 Å². The van der Waals surface area contributed by atoms with Gasteiger partial charge in [-0.2, -0.15) is 13.5 Å².